The third-order valence-electron chi connectivity index (χ3n) is 5.35. The summed E-state index contributed by atoms with van der Waals surface area (Å²) in [6.07, 6.45) is 4.09. The van der Waals surface area contributed by atoms with Crippen LogP contribution in [0.25, 0.3) is 0 Å². The van der Waals surface area contributed by atoms with Gasteiger partial charge in [0.15, 0.2) is 0 Å². The number of nitrogens with zero attached hydrogens (tertiary/aromatic N) is 1. The molecule has 3 saturated carbocycles. The SMILES string of the molecule is CNc1ccc(Cl)c(C(=O)NC2C3C4CCC(C4)C23)n1. The van der Waals surface area contributed by atoms with E-state index in [-0.39, 0.29) is 5.91 Å². The van der Waals surface area contributed by atoms with E-state index in [4.69, 9.17) is 11.6 Å². The number of halogens is 1. The number of fused-ring (bicyclic) bond motifs is 5. The first-order valence-electron chi connectivity index (χ1n) is 7.34. The molecule has 3 aliphatic carbocycles. The van der Waals surface area contributed by atoms with Gasteiger partial charge in [-0.15, -0.1) is 0 Å². The summed E-state index contributed by atoms with van der Waals surface area (Å²) in [5, 5.41) is 6.50. The molecule has 1 amide bonds. The van der Waals surface area contributed by atoms with Crippen molar-refractivity contribution in [2.24, 2.45) is 23.7 Å². The number of carbonyl (C=O) groups excluding carboxylic acids is 1. The van der Waals surface area contributed by atoms with Crippen molar-refractivity contribution in [2.75, 3.05) is 12.4 Å². The molecule has 3 fully saturated rings. The Morgan fingerprint density at radius 2 is 2.00 bits per heavy atom. The van der Waals surface area contributed by atoms with Crippen LogP contribution >= 0.6 is 11.6 Å². The number of carbonyl (C=O) groups is 1. The lowest BCUT2D eigenvalue weighted by molar-refractivity contribution is 0.0939. The van der Waals surface area contributed by atoms with Gasteiger partial charge in [-0.2, -0.15) is 0 Å². The monoisotopic (exact) mass is 291 g/mol. The zero-order valence-electron chi connectivity index (χ0n) is 11.4. The van der Waals surface area contributed by atoms with E-state index in [1.165, 1.54) is 19.3 Å². The zero-order valence-corrected chi connectivity index (χ0v) is 12.2. The normalized spacial score (nSPS) is 36.6. The van der Waals surface area contributed by atoms with E-state index in [0.29, 0.717) is 22.6 Å². The highest BCUT2D eigenvalue weighted by Gasteiger charge is 2.65. The van der Waals surface area contributed by atoms with Crippen LogP contribution in [0.2, 0.25) is 5.02 Å². The van der Waals surface area contributed by atoms with Crippen molar-refractivity contribution in [3.05, 3.63) is 22.8 Å². The molecule has 4 rings (SSSR count). The minimum atomic E-state index is -0.133. The van der Waals surface area contributed by atoms with Crippen LogP contribution in [-0.4, -0.2) is 24.0 Å². The van der Waals surface area contributed by atoms with E-state index in [9.17, 15) is 4.79 Å². The molecule has 4 unspecified atom stereocenters. The minimum Gasteiger partial charge on any atom is -0.373 e. The van der Waals surface area contributed by atoms with Crippen LogP contribution in [0, 0.1) is 23.7 Å². The molecule has 0 spiro atoms. The maximum atomic E-state index is 12.4. The maximum absolute atomic E-state index is 12.4. The van der Waals surface area contributed by atoms with Gasteiger partial charge in [0, 0.05) is 13.1 Å². The summed E-state index contributed by atoms with van der Waals surface area (Å²) in [7, 11) is 1.78. The van der Waals surface area contributed by atoms with Gasteiger partial charge in [-0.1, -0.05) is 11.6 Å². The molecular weight excluding hydrogens is 274 g/mol. The Balaban J connectivity index is 1.49. The molecule has 0 aromatic carbocycles. The highest BCUT2D eigenvalue weighted by atomic mass is 35.5. The second-order valence-electron chi connectivity index (χ2n) is 6.26. The van der Waals surface area contributed by atoms with Gasteiger partial charge in [-0.3, -0.25) is 4.79 Å². The maximum Gasteiger partial charge on any atom is 0.271 e. The van der Waals surface area contributed by atoms with E-state index >= 15 is 0 Å². The predicted molar refractivity (Wildman–Crippen MR) is 77.9 cm³/mol. The third kappa shape index (κ3) is 1.74. The van der Waals surface area contributed by atoms with Crippen LogP contribution in [0.5, 0.6) is 0 Å². The van der Waals surface area contributed by atoms with Crippen LogP contribution in [0.3, 0.4) is 0 Å². The number of nitrogens with one attached hydrogen (secondary N) is 2. The van der Waals surface area contributed by atoms with E-state index < -0.39 is 0 Å². The molecule has 2 N–H and O–H groups in total. The zero-order chi connectivity index (χ0) is 13.9. The number of pyridine rings is 1. The van der Waals surface area contributed by atoms with Crippen molar-refractivity contribution >= 4 is 23.3 Å². The molecule has 2 bridgehead atoms. The Morgan fingerprint density at radius 3 is 2.65 bits per heavy atom. The molecule has 1 heterocycles. The molecular formula is C15H18ClN3O. The van der Waals surface area contributed by atoms with E-state index in [1.54, 1.807) is 19.2 Å². The van der Waals surface area contributed by atoms with Crippen molar-refractivity contribution < 1.29 is 4.79 Å². The average molecular weight is 292 g/mol. The van der Waals surface area contributed by atoms with Gasteiger partial charge >= 0.3 is 0 Å². The number of hydrogen-bond acceptors (Lipinski definition) is 3. The number of aromatic nitrogens is 1. The molecule has 1 aromatic heterocycles. The third-order valence-corrected chi connectivity index (χ3v) is 5.66. The first kappa shape index (κ1) is 12.5. The molecule has 106 valence electrons. The largest absolute Gasteiger partial charge is 0.373 e. The van der Waals surface area contributed by atoms with Crippen molar-refractivity contribution in [1.82, 2.24) is 10.3 Å². The smallest absolute Gasteiger partial charge is 0.271 e. The van der Waals surface area contributed by atoms with Crippen LogP contribution < -0.4 is 10.6 Å². The first-order valence-corrected chi connectivity index (χ1v) is 7.72. The lowest BCUT2D eigenvalue weighted by Crippen LogP contribution is -2.31. The molecule has 0 radical (unpaired) electrons. The van der Waals surface area contributed by atoms with Gasteiger partial charge in [0.1, 0.15) is 11.5 Å². The van der Waals surface area contributed by atoms with Gasteiger partial charge < -0.3 is 10.6 Å². The molecule has 4 nitrogen and oxygen atoms in total. The van der Waals surface area contributed by atoms with E-state index in [0.717, 1.165) is 23.7 Å². The van der Waals surface area contributed by atoms with Gasteiger partial charge in [-0.05, 0) is 55.1 Å². The highest BCUT2D eigenvalue weighted by Crippen LogP contribution is 2.65. The molecule has 0 saturated heterocycles. The second kappa shape index (κ2) is 4.35. The van der Waals surface area contributed by atoms with E-state index in [2.05, 4.69) is 15.6 Å². The number of amides is 1. The predicted octanol–water partition coefficient (Wildman–Crippen LogP) is 2.55. The van der Waals surface area contributed by atoms with Gasteiger partial charge in [0.25, 0.3) is 5.91 Å². The first-order chi connectivity index (χ1) is 9.69. The summed E-state index contributed by atoms with van der Waals surface area (Å²) in [6, 6.07) is 3.85. The topological polar surface area (TPSA) is 54.0 Å². The fourth-order valence-electron chi connectivity index (χ4n) is 4.48. The summed E-state index contributed by atoms with van der Waals surface area (Å²) in [4.78, 5) is 16.6. The van der Waals surface area contributed by atoms with Crippen molar-refractivity contribution in [3.63, 3.8) is 0 Å². The van der Waals surface area contributed by atoms with Crippen LogP contribution in [-0.2, 0) is 0 Å². The summed E-state index contributed by atoms with van der Waals surface area (Å²) in [5.74, 6) is 3.68. The van der Waals surface area contributed by atoms with Crippen LogP contribution in [0.4, 0.5) is 5.82 Å². The van der Waals surface area contributed by atoms with Gasteiger partial charge in [-0.25, -0.2) is 4.98 Å². The van der Waals surface area contributed by atoms with Crippen LogP contribution in [0.15, 0.2) is 12.1 Å². The summed E-state index contributed by atoms with van der Waals surface area (Å²) in [5.41, 5.74) is 0.329. The fourth-order valence-corrected chi connectivity index (χ4v) is 4.67. The summed E-state index contributed by atoms with van der Waals surface area (Å²) >= 11 is 6.09. The Bertz CT molecular complexity index is 560. The Labute approximate surface area is 123 Å². The fraction of sp³-hybridized carbons (Fsp3) is 0.600. The molecule has 1 aromatic rings. The van der Waals surface area contributed by atoms with Crippen molar-refractivity contribution in [2.45, 2.75) is 25.3 Å². The molecule has 4 atom stereocenters. The average Bonchev–Trinajstić information content (AvgIpc) is 2.85. The Morgan fingerprint density at radius 1 is 1.30 bits per heavy atom. The minimum absolute atomic E-state index is 0.133. The van der Waals surface area contributed by atoms with E-state index in [1.807, 2.05) is 0 Å². The van der Waals surface area contributed by atoms with Crippen molar-refractivity contribution in [1.29, 1.82) is 0 Å². The number of rotatable bonds is 3. The van der Waals surface area contributed by atoms with Crippen LogP contribution in [0.1, 0.15) is 29.8 Å². The second-order valence-corrected chi connectivity index (χ2v) is 6.67. The molecule has 20 heavy (non-hydrogen) atoms. The molecule has 3 aliphatic rings. The van der Waals surface area contributed by atoms with Gasteiger partial charge in [0.2, 0.25) is 0 Å². The Hall–Kier alpha value is -1.29. The summed E-state index contributed by atoms with van der Waals surface area (Å²) in [6.45, 7) is 0. The molecule has 5 heteroatoms. The standard InChI is InChI=1S/C15H18ClN3O/c1-17-10-5-4-9(16)13(18-10)15(20)19-14-11-7-2-3-8(6-7)12(11)14/h4-5,7-8,11-12,14H,2-3,6H2,1H3,(H,17,18)(H,19,20). The number of anilines is 1. The number of hydrogen-bond donors (Lipinski definition) is 2. The lowest BCUT2D eigenvalue weighted by atomic mass is 10.0. The molecule has 0 aliphatic heterocycles. The summed E-state index contributed by atoms with van der Waals surface area (Å²) < 4.78 is 0. The van der Waals surface area contributed by atoms with Gasteiger partial charge in [0.05, 0.1) is 5.02 Å². The highest BCUT2D eigenvalue weighted by molar-refractivity contribution is 6.33. The quantitative estimate of drug-likeness (QED) is 0.900. The lowest BCUT2D eigenvalue weighted by Gasteiger charge is -2.11. The van der Waals surface area contributed by atoms with Crippen molar-refractivity contribution in [3.8, 4) is 0 Å². The Kier molecular flexibility index (Phi) is 2.71.